The second-order valence-corrected chi connectivity index (χ2v) is 5.96. The molecule has 0 radical (unpaired) electrons. The van der Waals surface area contributed by atoms with Gasteiger partial charge in [0.05, 0.1) is 0 Å². The van der Waals surface area contributed by atoms with Gasteiger partial charge < -0.3 is 11.1 Å². The molecule has 3 nitrogen and oxygen atoms in total. The highest BCUT2D eigenvalue weighted by atomic mass is 19.1. The highest BCUT2D eigenvalue weighted by Gasteiger charge is 2.31. The van der Waals surface area contributed by atoms with Crippen LogP contribution in [0.3, 0.4) is 0 Å². The van der Waals surface area contributed by atoms with E-state index < -0.39 is 0 Å². The second-order valence-electron chi connectivity index (χ2n) is 5.96. The molecule has 0 unspecified atom stereocenters. The maximum absolute atomic E-state index is 13.3. The van der Waals surface area contributed by atoms with E-state index in [1.807, 2.05) is 0 Å². The number of hydrogen-bond donors (Lipinski definition) is 2. The summed E-state index contributed by atoms with van der Waals surface area (Å²) in [5.74, 6) is -0.590. The van der Waals surface area contributed by atoms with Gasteiger partial charge in [0.15, 0.2) is 0 Å². The molecule has 1 fully saturated rings. The van der Waals surface area contributed by atoms with Gasteiger partial charge in [-0.1, -0.05) is 19.3 Å². The van der Waals surface area contributed by atoms with Crippen LogP contribution in [0.1, 0.15) is 48.0 Å². The van der Waals surface area contributed by atoms with Crippen molar-refractivity contribution in [1.82, 2.24) is 5.32 Å². The lowest BCUT2D eigenvalue weighted by Gasteiger charge is -2.36. The molecule has 1 amide bonds. The van der Waals surface area contributed by atoms with Crippen LogP contribution >= 0.6 is 0 Å². The normalized spacial score (nSPS) is 17.8. The largest absolute Gasteiger partial charge is 0.351 e. The zero-order chi connectivity index (χ0) is 14.6. The van der Waals surface area contributed by atoms with Crippen molar-refractivity contribution in [3.8, 4) is 0 Å². The number of hydrogen-bond acceptors (Lipinski definition) is 2. The molecule has 0 aliphatic heterocycles. The molecule has 0 saturated heterocycles. The Morgan fingerprint density at radius 2 is 2.00 bits per heavy atom. The third-order valence-electron chi connectivity index (χ3n) is 4.28. The molecule has 1 aliphatic carbocycles. The van der Waals surface area contributed by atoms with Crippen molar-refractivity contribution >= 4 is 5.91 Å². The van der Waals surface area contributed by atoms with Gasteiger partial charge in [-0.2, -0.15) is 0 Å². The van der Waals surface area contributed by atoms with Gasteiger partial charge in [0.2, 0.25) is 0 Å². The summed E-state index contributed by atoms with van der Waals surface area (Å²) in [7, 11) is 0. The number of carbonyl (C=O) groups is 1. The summed E-state index contributed by atoms with van der Waals surface area (Å²) in [6.45, 7) is 2.95. The zero-order valence-corrected chi connectivity index (χ0v) is 12.0. The van der Waals surface area contributed by atoms with Crippen LogP contribution in [0.4, 0.5) is 4.39 Å². The molecular formula is C16H23FN2O. The van der Waals surface area contributed by atoms with Gasteiger partial charge in [-0.05, 0) is 55.5 Å². The Morgan fingerprint density at radius 1 is 1.30 bits per heavy atom. The number of nitrogens with two attached hydrogens (primary N) is 1. The summed E-state index contributed by atoms with van der Waals surface area (Å²) >= 11 is 0. The molecule has 2 rings (SSSR count). The van der Waals surface area contributed by atoms with Crippen LogP contribution in [-0.2, 0) is 0 Å². The first-order valence-corrected chi connectivity index (χ1v) is 7.30. The van der Waals surface area contributed by atoms with Crippen LogP contribution in [-0.4, -0.2) is 19.0 Å². The number of amides is 1. The molecule has 0 bridgehead atoms. The molecule has 110 valence electrons. The molecule has 0 heterocycles. The van der Waals surface area contributed by atoms with Crippen LogP contribution in [0.2, 0.25) is 0 Å². The minimum Gasteiger partial charge on any atom is -0.351 e. The van der Waals surface area contributed by atoms with Crippen LogP contribution in [0.15, 0.2) is 18.2 Å². The third kappa shape index (κ3) is 3.57. The van der Waals surface area contributed by atoms with Crippen molar-refractivity contribution in [1.29, 1.82) is 0 Å². The van der Waals surface area contributed by atoms with E-state index in [-0.39, 0.29) is 17.1 Å². The Bertz CT molecular complexity index is 461. The van der Waals surface area contributed by atoms with Gasteiger partial charge in [0, 0.05) is 12.1 Å². The van der Waals surface area contributed by atoms with E-state index in [2.05, 4.69) is 5.32 Å². The van der Waals surface area contributed by atoms with Gasteiger partial charge in [0.25, 0.3) is 5.91 Å². The second kappa shape index (κ2) is 6.35. The molecule has 1 aliphatic rings. The molecular weight excluding hydrogens is 255 g/mol. The van der Waals surface area contributed by atoms with Crippen LogP contribution in [0, 0.1) is 18.2 Å². The maximum Gasteiger partial charge on any atom is 0.251 e. The van der Waals surface area contributed by atoms with E-state index in [0.29, 0.717) is 18.7 Å². The van der Waals surface area contributed by atoms with Gasteiger partial charge >= 0.3 is 0 Å². The number of aryl methyl sites for hydroxylation is 1. The van der Waals surface area contributed by atoms with Crippen LogP contribution < -0.4 is 11.1 Å². The van der Waals surface area contributed by atoms with Gasteiger partial charge in [-0.25, -0.2) is 4.39 Å². The number of halogens is 1. The van der Waals surface area contributed by atoms with Gasteiger partial charge in [-0.3, -0.25) is 4.79 Å². The third-order valence-corrected chi connectivity index (χ3v) is 4.28. The van der Waals surface area contributed by atoms with Crippen molar-refractivity contribution in [2.45, 2.75) is 39.0 Å². The summed E-state index contributed by atoms with van der Waals surface area (Å²) in [5.41, 5.74) is 7.06. The number of nitrogens with one attached hydrogen (secondary N) is 1. The lowest BCUT2D eigenvalue weighted by molar-refractivity contribution is 0.0913. The smallest absolute Gasteiger partial charge is 0.251 e. The predicted octanol–water partition coefficient (Wildman–Crippen LogP) is 2.77. The first kappa shape index (κ1) is 15.0. The first-order valence-electron chi connectivity index (χ1n) is 7.30. The molecule has 20 heavy (non-hydrogen) atoms. The topological polar surface area (TPSA) is 55.1 Å². The highest BCUT2D eigenvalue weighted by molar-refractivity contribution is 5.94. The van der Waals surface area contributed by atoms with Crippen LogP contribution in [0.5, 0.6) is 0 Å². The number of benzene rings is 1. The fourth-order valence-electron chi connectivity index (χ4n) is 2.99. The molecule has 3 N–H and O–H groups in total. The first-order chi connectivity index (χ1) is 9.54. The summed E-state index contributed by atoms with van der Waals surface area (Å²) in [5, 5.41) is 2.93. The van der Waals surface area contributed by atoms with Gasteiger partial charge in [-0.15, -0.1) is 0 Å². The minimum atomic E-state index is -0.374. The van der Waals surface area contributed by atoms with Crippen LogP contribution in [0.25, 0.3) is 0 Å². The Balaban J connectivity index is 2.00. The van der Waals surface area contributed by atoms with E-state index in [1.165, 1.54) is 31.4 Å². The Hall–Kier alpha value is -1.42. The van der Waals surface area contributed by atoms with E-state index in [9.17, 15) is 9.18 Å². The summed E-state index contributed by atoms with van der Waals surface area (Å²) < 4.78 is 13.3. The average Bonchev–Trinajstić information content (AvgIpc) is 2.45. The van der Waals surface area contributed by atoms with E-state index in [1.54, 1.807) is 13.0 Å². The Morgan fingerprint density at radius 3 is 2.60 bits per heavy atom. The molecule has 0 spiro atoms. The van der Waals surface area contributed by atoms with Crippen molar-refractivity contribution < 1.29 is 9.18 Å². The predicted molar refractivity (Wildman–Crippen MR) is 78.0 cm³/mol. The fourth-order valence-corrected chi connectivity index (χ4v) is 2.99. The minimum absolute atomic E-state index is 0.0241. The molecule has 4 heteroatoms. The molecule has 1 aromatic carbocycles. The quantitative estimate of drug-likeness (QED) is 0.889. The summed E-state index contributed by atoms with van der Waals surface area (Å²) in [6.07, 6.45) is 5.72. The van der Waals surface area contributed by atoms with E-state index >= 15 is 0 Å². The Kier molecular flexibility index (Phi) is 4.76. The number of rotatable bonds is 4. The lowest BCUT2D eigenvalue weighted by atomic mass is 9.74. The average molecular weight is 278 g/mol. The van der Waals surface area contributed by atoms with E-state index in [0.717, 1.165) is 18.4 Å². The van der Waals surface area contributed by atoms with Gasteiger partial charge in [0.1, 0.15) is 5.82 Å². The Labute approximate surface area is 119 Å². The zero-order valence-electron chi connectivity index (χ0n) is 12.0. The lowest BCUT2D eigenvalue weighted by Crippen LogP contribution is -2.43. The standard InChI is InChI=1S/C16H23FN2O/c1-12-7-13(9-14(17)8-12)15(20)19-11-16(10-18)5-3-2-4-6-16/h7-9H,2-6,10-11,18H2,1H3,(H,19,20). The van der Waals surface area contributed by atoms with Crippen molar-refractivity contribution in [2.75, 3.05) is 13.1 Å². The SMILES string of the molecule is Cc1cc(F)cc(C(=O)NCC2(CN)CCCCC2)c1. The molecule has 0 aromatic heterocycles. The monoisotopic (exact) mass is 278 g/mol. The molecule has 1 aromatic rings. The fraction of sp³-hybridized carbons (Fsp3) is 0.562. The summed E-state index contributed by atoms with van der Waals surface area (Å²) in [6, 6.07) is 4.39. The molecule has 1 saturated carbocycles. The number of carbonyl (C=O) groups excluding carboxylic acids is 1. The van der Waals surface area contributed by atoms with E-state index in [4.69, 9.17) is 5.73 Å². The highest BCUT2D eigenvalue weighted by Crippen LogP contribution is 2.34. The summed E-state index contributed by atoms with van der Waals surface area (Å²) in [4.78, 5) is 12.1. The maximum atomic E-state index is 13.3. The van der Waals surface area contributed by atoms with Crippen molar-refractivity contribution in [3.05, 3.63) is 35.1 Å². The van der Waals surface area contributed by atoms with Crippen molar-refractivity contribution in [2.24, 2.45) is 11.1 Å². The van der Waals surface area contributed by atoms with Crippen molar-refractivity contribution in [3.63, 3.8) is 0 Å². The molecule has 0 atom stereocenters.